The summed E-state index contributed by atoms with van der Waals surface area (Å²) in [7, 11) is 0. The molecule has 1 aliphatic heterocycles. The molecule has 1 aliphatic rings. The van der Waals surface area contributed by atoms with Crippen LogP contribution in [-0.2, 0) is 0 Å². The number of rotatable bonds is 4. The van der Waals surface area contributed by atoms with Crippen molar-refractivity contribution in [2.75, 3.05) is 31.1 Å². The first-order valence-corrected chi connectivity index (χ1v) is 9.84. The molecule has 140 valence electrons. The van der Waals surface area contributed by atoms with E-state index in [1.165, 1.54) is 0 Å². The number of carbonyl (C=O) groups is 1. The Hall–Kier alpha value is -3.37. The fourth-order valence-corrected chi connectivity index (χ4v) is 3.72. The Bertz CT molecular complexity index is 1010. The molecule has 0 bridgehead atoms. The molecule has 1 amide bonds. The van der Waals surface area contributed by atoms with Crippen LogP contribution in [0.15, 0.2) is 52.3 Å². The Kier molecular flexibility index (Phi) is 5.22. The molecule has 4 rings (SSSR count). The van der Waals surface area contributed by atoms with E-state index in [0.717, 1.165) is 4.88 Å². The molecule has 0 unspecified atom stereocenters. The normalized spacial score (nSPS) is 14.4. The summed E-state index contributed by atoms with van der Waals surface area (Å²) in [6.07, 6.45) is 3.68. The molecule has 0 atom stereocenters. The van der Waals surface area contributed by atoms with Crippen LogP contribution in [0.25, 0.3) is 12.2 Å². The summed E-state index contributed by atoms with van der Waals surface area (Å²) >= 11 is 1.62. The van der Waals surface area contributed by atoms with Gasteiger partial charge in [-0.05, 0) is 29.7 Å². The van der Waals surface area contributed by atoms with Gasteiger partial charge in [0, 0.05) is 42.7 Å². The van der Waals surface area contributed by atoms with E-state index in [1.54, 1.807) is 17.4 Å². The third-order valence-corrected chi connectivity index (χ3v) is 5.38. The highest BCUT2D eigenvalue weighted by atomic mass is 32.1. The van der Waals surface area contributed by atoms with Crippen LogP contribution in [0.2, 0.25) is 0 Å². The number of piperazine rings is 1. The van der Waals surface area contributed by atoms with Crippen molar-refractivity contribution in [3.8, 4) is 6.07 Å². The van der Waals surface area contributed by atoms with E-state index >= 15 is 0 Å². The second-order valence-electron chi connectivity index (χ2n) is 6.31. The van der Waals surface area contributed by atoms with Crippen LogP contribution in [-0.4, -0.2) is 42.0 Å². The first-order valence-electron chi connectivity index (χ1n) is 8.96. The minimum absolute atomic E-state index is 0.0258. The highest BCUT2D eigenvalue weighted by Gasteiger charge is 2.26. The van der Waals surface area contributed by atoms with E-state index in [-0.39, 0.29) is 11.6 Å². The number of nitriles is 1. The molecule has 2 aromatic heterocycles. The average Bonchev–Trinajstić information content (AvgIpc) is 3.42. The number of thiophene rings is 1. The summed E-state index contributed by atoms with van der Waals surface area (Å²) in [4.78, 5) is 21.7. The molecular weight excluding hydrogens is 372 g/mol. The number of carbonyl (C=O) groups excluding carboxylic acids is 1. The first kappa shape index (κ1) is 18.0. The van der Waals surface area contributed by atoms with Crippen LogP contribution in [0.3, 0.4) is 0 Å². The van der Waals surface area contributed by atoms with E-state index in [2.05, 4.69) is 11.1 Å². The van der Waals surface area contributed by atoms with Gasteiger partial charge in [-0.15, -0.1) is 11.3 Å². The van der Waals surface area contributed by atoms with Gasteiger partial charge < -0.3 is 14.2 Å². The first-order chi connectivity index (χ1) is 13.7. The van der Waals surface area contributed by atoms with Gasteiger partial charge in [0.1, 0.15) is 6.07 Å². The lowest BCUT2D eigenvalue weighted by molar-refractivity contribution is 0.0745. The van der Waals surface area contributed by atoms with Crippen molar-refractivity contribution in [1.29, 1.82) is 5.26 Å². The van der Waals surface area contributed by atoms with Crippen molar-refractivity contribution < 1.29 is 9.21 Å². The molecule has 0 aliphatic carbocycles. The summed E-state index contributed by atoms with van der Waals surface area (Å²) in [6, 6.07) is 15.4. The number of hydrogen-bond donors (Lipinski definition) is 0. The molecule has 3 aromatic rings. The number of oxazole rings is 1. The summed E-state index contributed by atoms with van der Waals surface area (Å²) in [5.41, 5.74) is 0.961. The zero-order valence-corrected chi connectivity index (χ0v) is 15.9. The predicted octanol–water partition coefficient (Wildman–Crippen LogP) is 3.74. The number of aromatic nitrogens is 1. The number of anilines is 1. The number of benzene rings is 1. The van der Waals surface area contributed by atoms with Crippen LogP contribution in [0.4, 0.5) is 5.88 Å². The fourth-order valence-electron chi connectivity index (χ4n) is 3.10. The summed E-state index contributed by atoms with van der Waals surface area (Å²) < 4.78 is 5.83. The van der Waals surface area contributed by atoms with Gasteiger partial charge >= 0.3 is 0 Å². The topological polar surface area (TPSA) is 73.4 Å². The van der Waals surface area contributed by atoms with Gasteiger partial charge in [-0.2, -0.15) is 10.2 Å². The zero-order chi connectivity index (χ0) is 19.3. The van der Waals surface area contributed by atoms with Gasteiger partial charge in [0.2, 0.25) is 17.5 Å². The Morgan fingerprint density at radius 2 is 1.89 bits per heavy atom. The molecule has 3 heterocycles. The minimum atomic E-state index is 0.0258. The summed E-state index contributed by atoms with van der Waals surface area (Å²) in [5, 5.41) is 11.4. The SMILES string of the molecule is N#Cc1nc(/C=C/c2cccs2)oc1N1CCN(C(=O)c2ccccc2)CC1. The molecule has 1 saturated heterocycles. The van der Waals surface area contributed by atoms with Gasteiger partial charge in [-0.25, -0.2) is 0 Å². The molecule has 0 radical (unpaired) electrons. The zero-order valence-electron chi connectivity index (χ0n) is 15.1. The molecule has 1 fully saturated rings. The van der Waals surface area contributed by atoms with Crippen LogP contribution in [0.1, 0.15) is 26.8 Å². The molecule has 0 saturated carbocycles. The van der Waals surface area contributed by atoms with Gasteiger partial charge in [0.15, 0.2) is 0 Å². The lowest BCUT2D eigenvalue weighted by Gasteiger charge is -2.34. The molecule has 0 N–H and O–H groups in total. The number of amides is 1. The van der Waals surface area contributed by atoms with Crippen molar-refractivity contribution >= 4 is 35.3 Å². The monoisotopic (exact) mass is 390 g/mol. The fraction of sp³-hybridized carbons (Fsp3) is 0.190. The van der Waals surface area contributed by atoms with Crippen LogP contribution in [0.5, 0.6) is 0 Å². The van der Waals surface area contributed by atoms with Crippen molar-refractivity contribution in [2.24, 2.45) is 0 Å². The summed E-state index contributed by atoms with van der Waals surface area (Å²) in [6.45, 7) is 2.33. The lowest BCUT2D eigenvalue weighted by Crippen LogP contribution is -2.48. The van der Waals surface area contributed by atoms with Gasteiger partial charge in [-0.3, -0.25) is 4.79 Å². The Labute approximate surface area is 166 Å². The Morgan fingerprint density at radius 3 is 2.57 bits per heavy atom. The molecule has 1 aromatic carbocycles. The molecular formula is C21H18N4O2S. The summed E-state index contributed by atoms with van der Waals surface area (Å²) in [5.74, 6) is 0.903. The standard InChI is InChI=1S/C21H18N4O2S/c22-15-18-21(27-19(23-18)9-8-17-7-4-14-28-17)25-12-10-24(11-13-25)20(26)16-5-2-1-3-6-16/h1-9,14H,10-13H2/b9-8+. The minimum Gasteiger partial charge on any atom is -0.420 e. The van der Waals surface area contributed by atoms with E-state index in [4.69, 9.17) is 4.42 Å². The van der Waals surface area contributed by atoms with Crippen LogP contribution < -0.4 is 4.90 Å². The third-order valence-electron chi connectivity index (χ3n) is 4.54. The maximum Gasteiger partial charge on any atom is 0.253 e. The maximum absolute atomic E-state index is 12.6. The Morgan fingerprint density at radius 1 is 1.11 bits per heavy atom. The smallest absolute Gasteiger partial charge is 0.253 e. The van der Waals surface area contributed by atoms with Gasteiger partial charge in [-0.1, -0.05) is 24.3 Å². The van der Waals surface area contributed by atoms with Gasteiger partial charge in [0.25, 0.3) is 5.91 Å². The van der Waals surface area contributed by atoms with Crippen molar-refractivity contribution in [3.05, 3.63) is 69.9 Å². The average molecular weight is 390 g/mol. The van der Waals surface area contributed by atoms with E-state index in [1.807, 2.05) is 63.7 Å². The van der Waals surface area contributed by atoms with Crippen LogP contribution >= 0.6 is 11.3 Å². The second kappa shape index (κ2) is 8.11. The van der Waals surface area contributed by atoms with Gasteiger partial charge in [0.05, 0.1) is 0 Å². The molecule has 0 spiro atoms. The quantitative estimate of drug-likeness (QED) is 0.678. The highest BCUT2D eigenvalue weighted by Crippen LogP contribution is 2.25. The Balaban J connectivity index is 1.44. The largest absolute Gasteiger partial charge is 0.420 e. The van der Waals surface area contributed by atoms with E-state index in [9.17, 15) is 10.1 Å². The molecule has 7 heteroatoms. The van der Waals surface area contributed by atoms with Crippen molar-refractivity contribution in [3.63, 3.8) is 0 Å². The second-order valence-corrected chi connectivity index (χ2v) is 7.29. The number of hydrogen-bond acceptors (Lipinski definition) is 6. The third kappa shape index (κ3) is 3.82. The van der Waals surface area contributed by atoms with Crippen LogP contribution in [0, 0.1) is 11.3 Å². The van der Waals surface area contributed by atoms with E-state index < -0.39 is 0 Å². The number of nitrogens with zero attached hydrogens (tertiary/aromatic N) is 4. The molecule has 6 nitrogen and oxygen atoms in total. The highest BCUT2D eigenvalue weighted by molar-refractivity contribution is 7.10. The predicted molar refractivity (Wildman–Crippen MR) is 109 cm³/mol. The molecule has 28 heavy (non-hydrogen) atoms. The van der Waals surface area contributed by atoms with Crippen molar-refractivity contribution in [2.45, 2.75) is 0 Å². The maximum atomic E-state index is 12.6. The lowest BCUT2D eigenvalue weighted by atomic mass is 10.2. The van der Waals surface area contributed by atoms with E-state index in [0.29, 0.717) is 43.5 Å². The van der Waals surface area contributed by atoms with Crippen molar-refractivity contribution in [1.82, 2.24) is 9.88 Å².